The topological polar surface area (TPSA) is 58.1 Å². The SMILES string of the molecule is CCN1CCc2nc3ccccc3c(C(=O)Nc3ncc(C)s3)c2C1. The number of carbonyl (C=O) groups is 1. The van der Waals surface area contributed by atoms with E-state index in [0.29, 0.717) is 5.13 Å². The molecule has 0 saturated carbocycles. The van der Waals surface area contributed by atoms with Crippen molar-refractivity contribution in [2.24, 2.45) is 0 Å². The maximum Gasteiger partial charge on any atom is 0.258 e. The Balaban J connectivity index is 1.83. The molecule has 6 heteroatoms. The van der Waals surface area contributed by atoms with Crippen LogP contribution >= 0.6 is 11.3 Å². The molecule has 25 heavy (non-hydrogen) atoms. The average Bonchev–Trinajstić information content (AvgIpc) is 3.03. The van der Waals surface area contributed by atoms with E-state index in [0.717, 1.165) is 58.7 Å². The van der Waals surface area contributed by atoms with Gasteiger partial charge in [-0.15, -0.1) is 11.3 Å². The van der Waals surface area contributed by atoms with Gasteiger partial charge in [0, 0.05) is 47.2 Å². The number of para-hydroxylation sites is 1. The number of rotatable bonds is 3. The van der Waals surface area contributed by atoms with Crippen molar-refractivity contribution in [1.29, 1.82) is 0 Å². The van der Waals surface area contributed by atoms with Crippen LogP contribution in [-0.2, 0) is 13.0 Å². The number of aromatic nitrogens is 2. The van der Waals surface area contributed by atoms with Crippen LogP contribution in [0.5, 0.6) is 0 Å². The van der Waals surface area contributed by atoms with E-state index in [1.54, 1.807) is 6.20 Å². The van der Waals surface area contributed by atoms with E-state index in [-0.39, 0.29) is 5.91 Å². The highest BCUT2D eigenvalue weighted by atomic mass is 32.1. The zero-order chi connectivity index (χ0) is 17.4. The van der Waals surface area contributed by atoms with Gasteiger partial charge in [-0.25, -0.2) is 4.98 Å². The molecular formula is C19H20N4OS. The third-order valence-corrected chi connectivity index (χ3v) is 5.47. The molecule has 0 atom stereocenters. The molecule has 4 rings (SSSR count). The maximum atomic E-state index is 13.1. The molecule has 3 aromatic rings. The van der Waals surface area contributed by atoms with Crippen LogP contribution in [0.2, 0.25) is 0 Å². The van der Waals surface area contributed by atoms with E-state index in [1.807, 2.05) is 31.2 Å². The molecule has 0 aliphatic carbocycles. The van der Waals surface area contributed by atoms with E-state index in [4.69, 9.17) is 4.98 Å². The minimum atomic E-state index is -0.0952. The van der Waals surface area contributed by atoms with Gasteiger partial charge in [-0.1, -0.05) is 25.1 Å². The molecule has 3 heterocycles. The number of hydrogen-bond acceptors (Lipinski definition) is 5. The summed E-state index contributed by atoms with van der Waals surface area (Å²) in [5.41, 5.74) is 3.72. The van der Waals surface area contributed by atoms with Crippen LogP contribution in [0.3, 0.4) is 0 Å². The summed E-state index contributed by atoms with van der Waals surface area (Å²) in [5, 5.41) is 4.52. The van der Waals surface area contributed by atoms with Gasteiger partial charge in [0.05, 0.1) is 11.1 Å². The molecule has 5 nitrogen and oxygen atoms in total. The predicted octanol–water partition coefficient (Wildman–Crippen LogP) is 3.63. The molecule has 1 aromatic carbocycles. The number of aryl methyl sites for hydroxylation is 1. The molecule has 1 aliphatic rings. The summed E-state index contributed by atoms with van der Waals surface area (Å²) in [5.74, 6) is -0.0952. The third-order valence-electron chi connectivity index (χ3n) is 4.64. The zero-order valence-electron chi connectivity index (χ0n) is 14.4. The number of pyridine rings is 1. The van der Waals surface area contributed by atoms with Crippen LogP contribution < -0.4 is 5.32 Å². The fourth-order valence-corrected chi connectivity index (χ4v) is 4.01. The van der Waals surface area contributed by atoms with Gasteiger partial charge in [-0.2, -0.15) is 0 Å². The summed E-state index contributed by atoms with van der Waals surface area (Å²) in [4.78, 5) is 25.6. The van der Waals surface area contributed by atoms with E-state index < -0.39 is 0 Å². The van der Waals surface area contributed by atoms with Gasteiger partial charge in [-0.3, -0.25) is 20.0 Å². The van der Waals surface area contributed by atoms with Crippen LogP contribution in [0.4, 0.5) is 5.13 Å². The Morgan fingerprint density at radius 2 is 2.20 bits per heavy atom. The minimum Gasteiger partial charge on any atom is -0.299 e. The largest absolute Gasteiger partial charge is 0.299 e. The van der Waals surface area contributed by atoms with Crippen molar-refractivity contribution < 1.29 is 4.79 Å². The molecule has 0 radical (unpaired) electrons. The second kappa shape index (κ2) is 6.54. The highest BCUT2D eigenvalue weighted by molar-refractivity contribution is 7.15. The lowest BCUT2D eigenvalue weighted by molar-refractivity contribution is 0.102. The van der Waals surface area contributed by atoms with Gasteiger partial charge in [0.25, 0.3) is 5.91 Å². The standard InChI is InChI=1S/C19H20N4OS/c1-3-23-9-8-16-14(11-23)17(13-6-4-5-7-15(13)21-16)18(24)22-19-20-10-12(2)25-19/h4-7,10H,3,8-9,11H2,1-2H3,(H,20,22,24). The molecule has 0 saturated heterocycles. The molecule has 0 fully saturated rings. The lowest BCUT2D eigenvalue weighted by Gasteiger charge is -2.29. The quantitative estimate of drug-likeness (QED) is 0.782. The van der Waals surface area contributed by atoms with Gasteiger partial charge in [0.2, 0.25) is 0 Å². The van der Waals surface area contributed by atoms with Crippen molar-refractivity contribution in [3.63, 3.8) is 0 Å². The Morgan fingerprint density at radius 3 is 2.96 bits per heavy atom. The Hall–Kier alpha value is -2.31. The van der Waals surface area contributed by atoms with Crippen molar-refractivity contribution in [3.05, 3.63) is 52.2 Å². The Morgan fingerprint density at radius 1 is 1.36 bits per heavy atom. The first-order valence-electron chi connectivity index (χ1n) is 8.52. The van der Waals surface area contributed by atoms with Gasteiger partial charge in [-0.05, 0) is 19.5 Å². The number of fused-ring (bicyclic) bond motifs is 2. The number of carbonyl (C=O) groups excluding carboxylic acids is 1. The van der Waals surface area contributed by atoms with E-state index >= 15 is 0 Å². The number of amides is 1. The Bertz CT molecular complexity index is 950. The van der Waals surface area contributed by atoms with Gasteiger partial charge in [0.1, 0.15) is 0 Å². The number of hydrogen-bond donors (Lipinski definition) is 1. The minimum absolute atomic E-state index is 0.0952. The monoisotopic (exact) mass is 352 g/mol. The van der Waals surface area contributed by atoms with E-state index in [1.165, 1.54) is 11.3 Å². The Labute approximate surface area is 150 Å². The van der Waals surface area contributed by atoms with E-state index in [9.17, 15) is 4.79 Å². The van der Waals surface area contributed by atoms with Crippen molar-refractivity contribution in [2.45, 2.75) is 26.8 Å². The first kappa shape index (κ1) is 16.2. The summed E-state index contributed by atoms with van der Waals surface area (Å²) >= 11 is 1.49. The van der Waals surface area contributed by atoms with Crippen LogP contribution in [-0.4, -0.2) is 33.9 Å². The molecular weight excluding hydrogens is 332 g/mol. The van der Waals surface area contributed by atoms with Gasteiger partial charge >= 0.3 is 0 Å². The number of benzene rings is 1. The second-order valence-electron chi connectivity index (χ2n) is 6.28. The number of likely N-dealkylation sites (N-methyl/N-ethyl adjacent to an activating group) is 1. The van der Waals surface area contributed by atoms with Crippen LogP contribution in [0.1, 0.15) is 33.4 Å². The molecule has 1 amide bonds. The first-order valence-corrected chi connectivity index (χ1v) is 9.34. The van der Waals surface area contributed by atoms with Gasteiger partial charge < -0.3 is 0 Å². The molecule has 0 unspecified atom stereocenters. The van der Waals surface area contributed by atoms with Gasteiger partial charge in [0.15, 0.2) is 5.13 Å². The number of anilines is 1. The Kier molecular flexibility index (Phi) is 4.23. The second-order valence-corrected chi connectivity index (χ2v) is 7.51. The normalized spacial score (nSPS) is 14.5. The summed E-state index contributed by atoms with van der Waals surface area (Å²) in [7, 11) is 0. The van der Waals surface area contributed by atoms with Crippen molar-refractivity contribution in [3.8, 4) is 0 Å². The number of thiazole rings is 1. The molecule has 1 aliphatic heterocycles. The summed E-state index contributed by atoms with van der Waals surface area (Å²) in [6.45, 7) is 6.86. The maximum absolute atomic E-state index is 13.1. The molecule has 0 bridgehead atoms. The van der Waals surface area contributed by atoms with Crippen molar-refractivity contribution >= 4 is 33.3 Å². The fourth-order valence-electron chi connectivity index (χ4n) is 3.35. The van der Waals surface area contributed by atoms with E-state index in [2.05, 4.69) is 22.1 Å². The third kappa shape index (κ3) is 3.03. The van der Waals surface area contributed by atoms with Crippen LogP contribution in [0.15, 0.2) is 30.5 Å². The zero-order valence-corrected chi connectivity index (χ0v) is 15.2. The van der Waals surface area contributed by atoms with Crippen molar-refractivity contribution in [1.82, 2.24) is 14.9 Å². The highest BCUT2D eigenvalue weighted by Gasteiger charge is 2.25. The first-order chi connectivity index (χ1) is 12.2. The number of nitrogens with zero attached hydrogens (tertiary/aromatic N) is 3. The summed E-state index contributed by atoms with van der Waals surface area (Å²) in [6, 6.07) is 7.89. The van der Waals surface area contributed by atoms with Crippen LogP contribution in [0, 0.1) is 6.92 Å². The lowest BCUT2D eigenvalue weighted by atomic mass is 9.95. The summed E-state index contributed by atoms with van der Waals surface area (Å²) in [6.07, 6.45) is 2.66. The highest BCUT2D eigenvalue weighted by Crippen LogP contribution is 2.29. The lowest BCUT2D eigenvalue weighted by Crippen LogP contribution is -2.33. The average molecular weight is 352 g/mol. The van der Waals surface area contributed by atoms with Crippen LogP contribution in [0.25, 0.3) is 10.9 Å². The predicted molar refractivity (Wildman–Crippen MR) is 101 cm³/mol. The molecule has 0 spiro atoms. The molecule has 1 N–H and O–H groups in total. The van der Waals surface area contributed by atoms with Crippen molar-refractivity contribution in [2.75, 3.05) is 18.4 Å². The molecule has 2 aromatic heterocycles. The summed E-state index contributed by atoms with van der Waals surface area (Å²) < 4.78 is 0. The molecule has 128 valence electrons. The fraction of sp³-hybridized carbons (Fsp3) is 0.316. The smallest absolute Gasteiger partial charge is 0.258 e. The number of nitrogens with one attached hydrogen (secondary N) is 1.